The lowest BCUT2D eigenvalue weighted by molar-refractivity contribution is -0.132. The van der Waals surface area contributed by atoms with Gasteiger partial charge in [-0.2, -0.15) is 0 Å². The highest BCUT2D eigenvalue weighted by atomic mass is 19.1. The Hall–Kier alpha value is -2.15. The van der Waals surface area contributed by atoms with E-state index in [2.05, 4.69) is 15.5 Å². The maximum Gasteiger partial charge on any atom is 0.319 e. The third kappa shape index (κ3) is 4.92. The normalized spacial score (nSPS) is 20.3. The fraction of sp³-hybridized carbons (Fsp3) is 0.556. The monoisotopic (exact) mass is 348 g/mol. The fourth-order valence-electron chi connectivity index (χ4n) is 3.29. The standard InChI is InChI=1S/C18H25FN4O2/c1-2-23(16-7-8-16)17(24)12-22-10-9-15(11-22)21-18(25)20-14-5-3-13(19)4-6-14/h3-6,15-16H,2,7-12H2,1H3,(H2,20,21,25). The van der Waals surface area contributed by atoms with Crippen LogP contribution < -0.4 is 10.6 Å². The van der Waals surface area contributed by atoms with E-state index in [-0.39, 0.29) is 23.8 Å². The minimum absolute atomic E-state index is 0.0178. The van der Waals surface area contributed by atoms with Crippen LogP contribution in [0.1, 0.15) is 26.2 Å². The van der Waals surface area contributed by atoms with Crippen LogP contribution in [0.3, 0.4) is 0 Å². The largest absolute Gasteiger partial charge is 0.339 e. The van der Waals surface area contributed by atoms with E-state index in [1.807, 2.05) is 11.8 Å². The van der Waals surface area contributed by atoms with Crippen molar-refractivity contribution in [1.29, 1.82) is 0 Å². The summed E-state index contributed by atoms with van der Waals surface area (Å²) < 4.78 is 12.9. The van der Waals surface area contributed by atoms with E-state index in [0.29, 0.717) is 24.8 Å². The number of rotatable bonds is 6. The molecule has 0 aromatic heterocycles. The number of carbonyl (C=O) groups excluding carboxylic acids is 2. The van der Waals surface area contributed by atoms with E-state index >= 15 is 0 Å². The second kappa shape index (κ2) is 7.82. The molecule has 3 amide bonds. The molecular weight excluding hydrogens is 323 g/mol. The Kier molecular flexibility index (Phi) is 5.53. The first-order valence-electron chi connectivity index (χ1n) is 8.90. The average Bonchev–Trinajstić information content (AvgIpc) is 3.31. The molecule has 1 heterocycles. The number of carbonyl (C=O) groups is 2. The first-order valence-corrected chi connectivity index (χ1v) is 8.90. The van der Waals surface area contributed by atoms with Gasteiger partial charge in [0.15, 0.2) is 0 Å². The second-order valence-corrected chi connectivity index (χ2v) is 6.74. The molecule has 2 N–H and O–H groups in total. The molecule has 1 aliphatic carbocycles. The van der Waals surface area contributed by atoms with Crippen LogP contribution in [0.25, 0.3) is 0 Å². The van der Waals surface area contributed by atoms with Gasteiger partial charge < -0.3 is 15.5 Å². The third-order valence-electron chi connectivity index (χ3n) is 4.72. The molecule has 1 saturated heterocycles. The summed E-state index contributed by atoms with van der Waals surface area (Å²) in [4.78, 5) is 28.4. The van der Waals surface area contributed by atoms with Crippen LogP contribution in [0.15, 0.2) is 24.3 Å². The molecule has 3 rings (SSSR count). The zero-order chi connectivity index (χ0) is 17.8. The van der Waals surface area contributed by atoms with Crippen LogP contribution in [0.5, 0.6) is 0 Å². The molecule has 1 unspecified atom stereocenters. The van der Waals surface area contributed by atoms with Crippen LogP contribution >= 0.6 is 0 Å². The number of amides is 3. The predicted molar refractivity (Wildman–Crippen MR) is 93.8 cm³/mol. The molecule has 2 fully saturated rings. The Morgan fingerprint density at radius 2 is 1.96 bits per heavy atom. The highest BCUT2D eigenvalue weighted by molar-refractivity contribution is 5.89. The summed E-state index contributed by atoms with van der Waals surface area (Å²) in [6, 6.07) is 5.80. The van der Waals surface area contributed by atoms with Crippen molar-refractivity contribution in [2.24, 2.45) is 0 Å². The van der Waals surface area contributed by atoms with Crippen LogP contribution in [0.2, 0.25) is 0 Å². The maximum absolute atomic E-state index is 12.9. The lowest BCUT2D eigenvalue weighted by Crippen LogP contribution is -2.43. The molecule has 136 valence electrons. The van der Waals surface area contributed by atoms with Crippen molar-refractivity contribution in [1.82, 2.24) is 15.1 Å². The van der Waals surface area contributed by atoms with Crippen LogP contribution in [-0.4, -0.2) is 60.0 Å². The first-order chi connectivity index (χ1) is 12.0. The predicted octanol–water partition coefficient (Wildman–Crippen LogP) is 2.03. The summed E-state index contributed by atoms with van der Waals surface area (Å²) in [5, 5.41) is 5.60. The average molecular weight is 348 g/mol. The molecule has 0 radical (unpaired) electrons. The van der Waals surface area contributed by atoms with Crippen LogP contribution in [-0.2, 0) is 4.79 Å². The van der Waals surface area contributed by atoms with Crippen molar-refractivity contribution in [3.05, 3.63) is 30.1 Å². The van der Waals surface area contributed by atoms with E-state index in [9.17, 15) is 14.0 Å². The van der Waals surface area contributed by atoms with Crippen LogP contribution in [0.4, 0.5) is 14.9 Å². The quantitative estimate of drug-likeness (QED) is 0.827. The van der Waals surface area contributed by atoms with Crippen molar-refractivity contribution in [2.75, 3.05) is 31.5 Å². The molecule has 1 saturated carbocycles. The van der Waals surface area contributed by atoms with Crippen molar-refractivity contribution >= 4 is 17.6 Å². The van der Waals surface area contributed by atoms with Gasteiger partial charge in [-0.25, -0.2) is 9.18 Å². The van der Waals surface area contributed by atoms with Crippen molar-refractivity contribution in [3.63, 3.8) is 0 Å². The van der Waals surface area contributed by atoms with E-state index in [1.165, 1.54) is 24.3 Å². The smallest absolute Gasteiger partial charge is 0.319 e. The highest BCUT2D eigenvalue weighted by Gasteiger charge is 2.33. The zero-order valence-electron chi connectivity index (χ0n) is 14.5. The molecule has 0 bridgehead atoms. The lowest BCUT2D eigenvalue weighted by Gasteiger charge is -2.24. The molecule has 25 heavy (non-hydrogen) atoms. The Morgan fingerprint density at radius 1 is 1.24 bits per heavy atom. The van der Waals surface area contributed by atoms with Gasteiger partial charge >= 0.3 is 6.03 Å². The second-order valence-electron chi connectivity index (χ2n) is 6.74. The van der Waals surface area contributed by atoms with Gasteiger partial charge in [-0.1, -0.05) is 0 Å². The Morgan fingerprint density at radius 3 is 2.60 bits per heavy atom. The van der Waals surface area contributed by atoms with E-state index in [0.717, 1.165) is 32.4 Å². The number of nitrogens with one attached hydrogen (secondary N) is 2. The number of likely N-dealkylation sites (N-methyl/N-ethyl adjacent to an activating group) is 1. The van der Waals surface area contributed by atoms with Gasteiger partial charge in [0.2, 0.25) is 5.91 Å². The molecular formula is C18H25FN4O2. The molecule has 1 aromatic rings. The van der Waals surface area contributed by atoms with Crippen molar-refractivity contribution in [2.45, 2.75) is 38.3 Å². The molecule has 2 aliphatic rings. The van der Waals surface area contributed by atoms with E-state index in [4.69, 9.17) is 0 Å². The van der Waals surface area contributed by atoms with E-state index in [1.54, 1.807) is 0 Å². The summed E-state index contributed by atoms with van der Waals surface area (Å²) in [6.07, 6.45) is 3.06. The van der Waals surface area contributed by atoms with Crippen LogP contribution in [0, 0.1) is 5.82 Å². The summed E-state index contributed by atoms with van der Waals surface area (Å²) in [5.41, 5.74) is 0.548. The van der Waals surface area contributed by atoms with Crippen molar-refractivity contribution < 1.29 is 14.0 Å². The summed E-state index contributed by atoms with van der Waals surface area (Å²) in [7, 11) is 0. The number of halogens is 1. The van der Waals surface area contributed by atoms with E-state index < -0.39 is 0 Å². The lowest BCUT2D eigenvalue weighted by atomic mass is 10.3. The number of hydrogen-bond donors (Lipinski definition) is 2. The van der Waals surface area contributed by atoms with Gasteiger partial charge in [-0.3, -0.25) is 9.69 Å². The number of anilines is 1. The summed E-state index contributed by atoms with van der Waals surface area (Å²) in [6.45, 7) is 4.67. The van der Waals surface area contributed by atoms with Gasteiger partial charge in [0.05, 0.1) is 6.54 Å². The highest BCUT2D eigenvalue weighted by Crippen LogP contribution is 2.26. The zero-order valence-corrected chi connectivity index (χ0v) is 14.5. The molecule has 0 spiro atoms. The molecule has 6 nitrogen and oxygen atoms in total. The maximum atomic E-state index is 12.9. The number of likely N-dealkylation sites (tertiary alicyclic amines) is 1. The number of nitrogens with zero attached hydrogens (tertiary/aromatic N) is 2. The third-order valence-corrected chi connectivity index (χ3v) is 4.72. The Labute approximate surface area is 147 Å². The molecule has 1 aliphatic heterocycles. The molecule has 1 aromatic carbocycles. The van der Waals surface area contributed by atoms with Gasteiger partial charge in [0, 0.05) is 37.4 Å². The first kappa shape index (κ1) is 17.7. The fourth-order valence-corrected chi connectivity index (χ4v) is 3.29. The Balaban J connectivity index is 1.42. The number of hydrogen-bond acceptors (Lipinski definition) is 3. The minimum Gasteiger partial charge on any atom is -0.339 e. The molecule has 1 atom stereocenters. The minimum atomic E-state index is -0.339. The number of benzene rings is 1. The molecule has 7 heteroatoms. The van der Waals surface area contributed by atoms with Gasteiger partial charge in [-0.05, 0) is 50.5 Å². The summed E-state index contributed by atoms with van der Waals surface area (Å²) >= 11 is 0. The van der Waals surface area contributed by atoms with Gasteiger partial charge in [-0.15, -0.1) is 0 Å². The van der Waals surface area contributed by atoms with Gasteiger partial charge in [0.25, 0.3) is 0 Å². The Bertz CT molecular complexity index is 618. The van der Waals surface area contributed by atoms with Crippen molar-refractivity contribution in [3.8, 4) is 0 Å². The summed E-state index contributed by atoms with van der Waals surface area (Å²) in [5.74, 6) is -0.157. The topological polar surface area (TPSA) is 64.7 Å². The number of urea groups is 1. The SMILES string of the molecule is CCN(C(=O)CN1CCC(NC(=O)Nc2ccc(F)cc2)C1)C1CC1. The van der Waals surface area contributed by atoms with Gasteiger partial charge in [0.1, 0.15) is 5.82 Å².